The SMILES string of the molecule is CCNC1=C(N)c2cnccc2OC1. The number of rotatable bonds is 2. The minimum absolute atomic E-state index is 0.511. The van der Waals surface area contributed by atoms with Gasteiger partial charge >= 0.3 is 0 Å². The zero-order valence-corrected chi connectivity index (χ0v) is 8.08. The molecule has 1 aliphatic rings. The van der Waals surface area contributed by atoms with E-state index in [1.165, 1.54) is 0 Å². The predicted molar refractivity (Wildman–Crippen MR) is 54.5 cm³/mol. The van der Waals surface area contributed by atoms with E-state index in [0.29, 0.717) is 6.61 Å². The van der Waals surface area contributed by atoms with Crippen LogP contribution >= 0.6 is 0 Å². The lowest BCUT2D eigenvalue weighted by molar-refractivity contribution is 0.335. The van der Waals surface area contributed by atoms with Crippen molar-refractivity contribution in [3.05, 3.63) is 29.7 Å². The molecule has 4 nitrogen and oxygen atoms in total. The summed E-state index contributed by atoms with van der Waals surface area (Å²) >= 11 is 0. The Hall–Kier alpha value is -1.71. The summed E-state index contributed by atoms with van der Waals surface area (Å²) in [7, 11) is 0. The molecule has 0 saturated heterocycles. The Balaban J connectivity index is 2.40. The number of nitrogens with one attached hydrogen (secondary N) is 1. The van der Waals surface area contributed by atoms with E-state index in [2.05, 4.69) is 10.3 Å². The molecule has 0 spiro atoms. The second-order valence-electron chi connectivity index (χ2n) is 3.08. The van der Waals surface area contributed by atoms with Gasteiger partial charge in [-0.05, 0) is 13.0 Å². The van der Waals surface area contributed by atoms with E-state index in [9.17, 15) is 0 Å². The molecular weight excluding hydrogens is 178 g/mol. The van der Waals surface area contributed by atoms with E-state index in [4.69, 9.17) is 10.5 Å². The van der Waals surface area contributed by atoms with E-state index in [1.807, 2.05) is 13.0 Å². The van der Waals surface area contributed by atoms with Crippen LogP contribution in [0.4, 0.5) is 0 Å². The summed E-state index contributed by atoms with van der Waals surface area (Å²) in [5.74, 6) is 0.805. The van der Waals surface area contributed by atoms with Gasteiger partial charge in [0, 0.05) is 18.9 Å². The molecule has 2 rings (SSSR count). The Bertz CT molecular complexity index is 373. The van der Waals surface area contributed by atoms with E-state index in [0.717, 1.165) is 29.3 Å². The molecule has 3 N–H and O–H groups in total. The molecule has 0 aromatic carbocycles. The van der Waals surface area contributed by atoms with Crippen molar-refractivity contribution in [2.45, 2.75) is 6.92 Å². The van der Waals surface area contributed by atoms with Gasteiger partial charge in [0.1, 0.15) is 12.4 Å². The molecule has 1 aromatic heterocycles. The van der Waals surface area contributed by atoms with Gasteiger partial charge in [0.2, 0.25) is 0 Å². The van der Waals surface area contributed by atoms with Gasteiger partial charge in [-0.3, -0.25) is 4.98 Å². The molecular formula is C10H13N3O. The van der Waals surface area contributed by atoms with Crippen LogP contribution in [0.1, 0.15) is 12.5 Å². The topological polar surface area (TPSA) is 60.2 Å². The molecule has 4 heteroatoms. The number of ether oxygens (including phenoxy) is 1. The van der Waals surface area contributed by atoms with Crippen molar-refractivity contribution in [2.24, 2.45) is 5.73 Å². The molecule has 0 unspecified atom stereocenters. The molecule has 74 valence electrons. The highest BCUT2D eigenvalue weighted by atomic mass is 16.5. The van der Waals surface area contributed by atoms with Crippen LogP contribution < -0.4 is 15.8 Å². The molecule has 0 saturated carbocycles. The number of aromatic nitrogens is 1. The van der Waals surface area contributed by atoms with Crippen LogP contribution in [0.2, 0.25) is 0 Å². The van der Waals surface area contributed by atoms with Crippen LogP contribution in [0.15, 0.2) is 24.2 Å². The summed E-state index contributed by atoms with van der Waals surface area (Å²) in [6.07, 6.45) is 3.42. The highest BCUT2D eigenvalue weighted by Gasteiger charge is 2.16. The summed E-state index contributed by atoms with van der Waals surface area (Å²) < 4.78 is 5.52. The molecule has 0 radical (unpaired) electrons. The van der Waals surface area contributed by atoms with Crippen LogP contribution in [0.3, 0.4) is 0 Å². The van der Waals surface area contributed by atoms with Gasteiger partial charge in [0.25, 0.3) is 0 Å². The summed E-state index contributed by atoms with van der Waals surface area (Å²) in [5, 5.41) is 3.18. The first kappa shape index (κ1) is 8.87. The summed E-state index contributed by atoms with van der Waals surface area (Å²) in [6.45, 7) is 3.38. The number of pyridine rings is 1. The first-order chi connectivity index (χ1) is 6.83. The third-order valence-corrected chi connectivity index (χ3v) is 2.16. The van der Waals surface area contributed by atoms with Crippen molar-refractivity contribution in [3.63, 3.8) is 0 Å². The Labute approximate surface area is 82.8 Å². The van der Waals surface area contributed by atoms with Crippen LogP contribution in [0, 0.1) is 0 Å². The van der Waals surface area contributed by atoms with Crippen LogP contribution in [-0.4, -0.2) is 18.1 Å². The molecule has 14 heavy (non-hydrogen) atoms. The first-order valence-corrected chi connectivity index (χ1v) is 4.62. The standard InChI is InChI=1S/C10H13N3O/c1-2-13-8-6-14-9-3-4-12-5-7(9)10(8)11/h3-5,13H,2,6,11H2,1H3. The van der Waals surface area contributed by atoms with Gasteiger partial charge in [-0.1, -0.05) is 0 Å². The van der Waals surface area contributed by atoms with Gasteiger partial charge in [-0.15, -0.1) is 0 Å². The number of nitrogens with two attached hydrogens (primary N) is 1. The average Bonchev–Trinajstić information content (AvgIpc) is 2.23. The van der Waals surface area contributed by atoms with Gasteiger partial charge in [0.15, 0.2) is 0 Å². The molecule has 1 aromatic rings. The third-order valence-electron chi connectivity index (χ3n) is 2.16. The minimum atomic E-state index is 0.511. The second-order valence-corrected chi connectivity index (χ2v) is 3.08. The van der Waals surface area contributed by atoms with Crippen molar-refractivity contribution in [2.75, 3.05) is 13.2 Å². The fourth-order valence-corrected chi connectivity index (χ4v) is 1.46. The van der Waals surface area contributed by atoms with Crippen LogP contribution in [0.25, 0.3) is 5.70 Å². The van der Waals surface area contributed by atoms with E-state index < -0.39 is 0 Å². The monoisotopic (exact) mass is 191 g/mol. The van der Waals surface area contributed by atoms with Crippen LogP contribution in [0.5, 0.6) is 5.75 Å². The quantitative estimate of drug-likeness (QED) is 0.722. The fourth-order valence-electron chi connectivity index (χ4n) is 1.46. The minimum Gasteiger partial charge on any atom is -0.486 e. The highest BCUT2D eigenvalue weighted by Crippen LogP contribution is 2.27. The predicted octanol–water partition coefficient (Wildman–Crippen LogP) is 0.711. The van der Waals surface area contributed by atoms with Gasteiger partial charge in [-0.2, -0.15) is 0 Å². The Morgan fingerprint density at radius 3 is 3.29 bits per heavy atom. The number of hydrogen-bond donors (Lipinski definition) is 2. The van der Waals surface area contributed by atoms with Crippen molar-refractivity contribution in [1.29, 1.82) is 0 Å². The summed E-state index contributed by atoms with van der Waals surface area (Å²) in [4.78, 5) is 4.02. The zero-order valence-electron chi connectivity index (χ0n) is 8.08. The molecule has 0 atom stereocenters. The highest BCUT2D eigenvalue weighted by molar-refractivity contribution is 5.71. The summed E-state index contributed by atoms with van der Waals surface area (Å²) in [5.41, 5.74) is 8.52. The molecule has 1 aliphatic heterocycles. The Morgan fingerprint density at radius 1 is 1.64 bits per heavy atom. The zero-order chi connectivity index (χ0) is 9.97. The van der Waals surface area contributed by atoms with Gasteiger partial charge in [0.05, 0.1) is 17.0 Å². The second kappa shape index (κ2) is 3.57. The fraction of sp³-hybridized carbons (Fsp3) is 0.300. The number of fused-ring (bicyclic) bond motifs is 1. The number of nitrogens with zero attached hydrogens (tertiary/aromatic N) is 1. The largest absolute Gasteiger partial charge is 0.486 e. The normalized spacial score (nSPS) is 14.6. The maximum atomic E-state index is 5.97. The molecule has 2 heterocycles. The smallest absolute Gasteiger partial charge is 0.132 e. The van der Waals surface area contributed by atoms with Crippen molar-refractivity contribution in [3.8, 4) is 5.75 Å². The lowest BCUT2D eigenvalue weighted by Crippen LogP contribution is -2.26. The first-order valence-electron chi connectivity index (χ1n) is 4.62. The van der Waals surface area contributed by atoms with Crippen molar-refractivity contribution < 1.29 is 4.74 Å². The Morgan fingerprint density at radius 2 is 2.50 bits per heavy atom. The van der Waals surface area contributed by atoms with E-state index in [1.54, 1.807) is 12.4 Å². The van der Waals surface area contributed by atoms with Crippen LogP contribution in [-0.2, 0) is 0 Å². The van der Waals surface area contributed by atoms with E-state index >= 15 is 0 Å². The molecule has 0 amide bonds. The lowest BCUT2D eigenvalue weighted by Gasteiger charge is -2.21. The van der Waals surface area contributed by atoms with Gasteiger partial charge < -0.3 is 15.8 Å². The average molecular weight is 191 g/mol. The number of hydrogen-bond acceptors (Lipinski definition) is 4. The molecule has 0 bridgehead atoms. The molecule has 0 aliphatic carbocycles. The summed E-state index contributed by atoms with van der Waals surface area (Å²) in [6, 6.07) is 1.82. The van der Waals surface area contributed by atoms with E-state index in [-0.39, 0.29) is 0 Å². The van der Waals surface area contributed by atoms with Crippen molar-refractivity contribution >= 4 is 5.70 Å². The van der Waals surface area contributed by atoms with Crippen molar-refractivity contribution in [1.82, 2.24) is 10.3 Å². The lowest BCUT2D eigenvalue weighted by atomic mass is 10.1. The van der Waals surface area contributed by atoms with Gasteiger partial charge in [-0.25, -0.2) is 0 Å². The molecule has 0 fully saturated rings. The maximum Gasteiger partial charge on any atom is 0.132 e. The number of likely N-dealkylation sites (N-methyl/N-ethyl adjacent to an activating group) is 1. The third kappa shape index (κ3) is 1.39. The Kier molecular flexibility index (Phi) is 2.26. The maximum absolute atomic E-state index is 5.97.